The van der Waals surface area contributed by atoms with Gasteiger partial charge >= 0.3 is 0 Å². The van der Waals surface area contributed by atoms with Crippen LogP contribution in [-0.4, -0.2) is 13.6 Å². The van der Waals surface area contributed by atoms with Crippen LogP contribution in [0.4, 0.5) is 0 Å². The molecule has 0 heterocycles. The van der Waals surface area contributed by atoms with Crippen LogP contribution < -0.4 is 5.32 Å². The minimum absolute atomic E-state index is 0. The lowest BCUT2D eigenvalue weighted by Crippen LogP contribution is -2.08. The summed E-state index contributed by atoms with van der Waals surface area (Å²) in [5.41, 5.74) is 2.48. The Kier molecular flexibility index (Phi) is 20.6. The predicted octanol–water partition coefficient (Wildman–Crippen LogP) is 4.34. The Hall–Kier alpha value is -0.820. The highest BCUT2D eigenvalue weighted by molar-refractivity contribution is 5.29. The molecule has 0 aliphatic rings. The van der Waals surface area contributed by atoms with Gasteiger partial charge in [0.05, 0.1) is 0 Å². The van der Waals surface area contributed by atoms with Crippen LogP contribution in [0, 0.1) is 0 Å². The van der Waals surface area contributed by atoms with Gasteiger partial charge in [-0.2, -0.15) is 0 Å². The zero-order valence-corrected chi connectivity index (χ0v) is 10.4. The molecular weight excluding hydrogens is 182 g/mol. The van der Waals surface area contributed by atoms with E-state index in [-0.39, 0.29) is 7.43 Å². The summed E-state index contributed by atoms with van der Waals surface area (Å²) >= 11 is 0. The molecule has 0 rings (SSSR count). The van der Waals surface area contributed by atoms with Crippen molar-refractivity contribution >= 4 is 0 Å². The fourth-order valence-electron chi connectivity index (χ4n) is 0.831. The fraction of sp³-hybridized carbons (Fsp3) is 0.571. The van der Waals surface area contributed by atoms with Crippen molar-refractivity contribution in [2.75, 3.05) is 13.6 Å². The van der Waals surface area contributed by atoms with E-state index in [0.29, 0.717) is 0 Å². The molecule has 1 nitrogen and oxygen atoms in total. The van der Waals surface area contributed by atoms with Crippen LogP contribution in [0.5, 0.6) is 0 Å². The van der Waals surface area contributed by atoms with Crippen LogP contribution in [0.3, 0.4) is 0 Å². The normalized spacial score (nSPS) is 10.3. The zero-order chi connectivity index (χ0) is 11.4. The Morgan fingerprint density at radius 3 is 2.27 bits per heavy atom. The second-order valence-corrected chi connectivity index (χ2v) is 2.83. The van der Waals surface area contributed by atoms with Gasteiger partial charge in [0.2, 0.25) is 0 Å². The Balaban J connectivity index is -0.000000449. The van der Waals surface area contributed by atoms with E-state index in [1.807, 2.05) is 40.0 Å². The number of allylic oxidation sites excluding steroid dienone is 4. The minimum Gasteiger partial charge on any atom is -0.319 e. The summed E-state index contributed by atoms with van der Waals surface area (Å²) in [6.45, 7) is 13.1. The van der Waals surface area contributed by atoms with Gasteiger partial charge in [0.15, 0.2) is 0 Å². The van der Waals surface area contributed by atoms with E-state index in [4.69, 9.17) is 0 Å². The molecule has 90 valence electrons. The first-order valence-corrected chi connectivity index (χ1v) is 5.34. The molecule has 0 aliphatic heterocycles. The predicted molar refractivity (Wildman–Crippen MR) is 74.3 cm³/mol. The molecule has 0 saturated heterocycles. The Morgan fingerprint density at radius 2 is 1.87 bits per heavy atom. The molecule has 0 saturated carbocycles. The third-order valence-electron chi connectivity index (χ3n) is 1.77. The quantitative estimate of drug-likeness (QED) is 0.667. The fourth-order valence-corrected chi connectivity index (χ4v) is 0.831. The summed E-state index contributed by atoms with van der Waals surface area (Å²) in [6, 6.07) is 0. The van der Waals surface area contributed by atoms with Gasteiger partial charge in [0.25, 0.3) is 0 Å². The molecule has 0 atom stereocenters. The maximum Gasteiger partial charge on any atom is -0.00115 e. The summed E-state index contributed by atoms with van der Waals surface area (Å²) in [4.78, 5) is 0. The standard InChI is InChI=1S/C11H19N.C2H6.CH4/c1-5-6-7-10(2)11(3)8-9-12-4;1-2;/h5-7,12H,3,8-9H2,1-2,4H3;1-2H3;1H4/b6-5-,10-7-;;. The highest BCUT2D eigenvalue weighted by Gasteiger charge is 1.93. The Labute approximate surface area is 97.0 Å². The molecule has 0 unspecified atom stereocenters. The second-order valence-electron chi connectivity index (χ2n) is 2.83. The Bertz CT molecular complexity index is 188. The number of hydrogen-bond acceptors (Lipinski definition) is 1. The zero-order valence-electron chi connectivity index (χ0n) is 10.4. The van der Waals surface area contributed by atoms with Crippen LogP contribution in [0.25, 0.3) is 0 Å². The van der Waals surface area contributed by atoms with Gasteiger partial charge in [-0.05, 0) is 39.4 Å². The topological polar surface area (TPSA) is 12.0 Å². The Morgan fingerprint density at radius 1 is 1.33 bits per heavy atom. The van der Waals surface area contributed by atoms with E-state index >= 15 is 0 Å². The average molecular weight is 211 g/mol. The maximum absolute atomic E-state index is 4.00. The van der Waals surface area contributed by atoms with Crippen molar-refractivity contribution in [2.24, 2.45) is 0 Å². The van der Waals surface area contributed by atoms with Crippen LogP contribution in [0.15, 0.2) is 36.0 Å². The van der Waals surface area contributed by atoms with Crippen molar-refractivity contribution in [3.05, 3.63) is 36.0 Å². The van der Waals surface area contributed by atoms with E-state index in [2.05, 4.69) is 24.9 Å². The van der Waals surface area contributed by atoms with Gasteiger partial charge in [-0.1, -0.05) is 51.7 Å². The summed E-state index contributed by atoms with van der Waals surface area (Å²) in [5, 5.41) is 3.10. The van der Waals surface area contributed by atoms with E-state index in [0.717, 1.165) is 13.0 Å². The maximum atomic E-state index is 4.00. The molecule has 0 spiro atoms. The summed E-state index contributed by atoms with van der Waals surface area (Å²) < 4.78 is 0. The summed E-state index contributed by atoms with van der Waals surface area (Å²) in [7, 11) is 1.96. The van der Waals surface area contributed by atoms with Crippen molar-refractivity contribution in [2.45, 2.75) is 41.5 Å². The van der Waals surface area contributed by atoms with Crippen molar-refractivity contribution in [3.63, 3.8) is 0 Å². The van der Waals surface area contributed by atoms with E-state index in [9.17, 15) is 0 Å². The van der Waals surface area contributed by atoms with Gasteiger partial charge in [-0.15, -0.1) is 0 Å². The van der Waals surface area contributed by atoms with Gasteiger partial charge in [0, 0.05) is 0 Å². The van der Waals surface area contributed by atoms with Crippen molar-refractivity contribution < 1.29 is 0 Å². The van der Waals surface area contributed by atoms with E-state index in [1.165, 1.54) is 11.1 Å². The molecule has 0 aliphatic carbocycles. The average Bonchev–Trinajstić information content (AvgIpc) is 2.25. The lowest BCUT2D eigenvalue weighted by atomic mass is 10.1. The van der Waals surface area contributed by atoms with Gasteiger partial charge in [0.1, 0.15) is 0 Å². The molecule has 0 aromatic carbocycles. The number of hydrogen-bond donors (Lipinski definition) is 1. The van der Waals surface area contributed by atoms with Crippen molar-refractivity contribution in [3.8, 4) is 0 Å². The van der Waals surface area contributed by atoms with E-state index < -0.39 is 0 Å². The SMILES string of the molecule is C.C=C(CCNC)/C(C)=C\C=C/C.CC. The van der Waals surface area contributed by atoms with Crippen LogP contribution in [0.2, 0.25) is 0 Å². The third kappa shape index (κ3) is 13.2. The highest BCUT2D eigenvalue weighted by atomic mass is 14.8. The summed E-state index contributed by atoms with van der Waals surface area (Å²) in [6.07, 6.45) is 7.18. The lowest BCUT2D eigenvalue weighted by Gasteiger charge is -2.04. The molecule has 0 radical (unpaired) electrons. The third-order valence-corrected chi connectivity index (χ3v) is 1.77. The monoisotopic (exact) mass is 211 g/mol. The first kappa shape index (κ1) is 19.7. The van der Waals surface area contributed by atoms with Crippen molar-refractivity contribution in [1.82, 2.24) is 5.32 Å². The van der Waals surface area contributed by atoms with Gasteiger partial charge in [-0.25, -0.2) is 0 Å². The van der Waals surface area contributed by atoms with Crippen LogP contribution in [-0.2, 0) is 0 Å². The van der Waals surface area contributed by atoms with Crippen LogP contribution >= 0.6 is 0 Å². The molecule has 1 N–H and O–H groups in total. The molecule has 0 bridgehead atoms. The largest absolute Gasteiger partial charge is 0.319 e. The molecular formula is C14H29N. The lowest BCUT2D eigenvalue weighted by molar-refractivity contribution is 0.790. The summed E-state index contributed by atoms with van der Waals surface area (Å²) in [5.74, 6) is 0. The molecule has 0 amide bonds. The van der Waals surface area contributed by atoms with Crippen LogP contribution in [0.1, 0.15) is 41.5 Å². The second kappa shape index (κ2) is 15.6. The highest BCUT2D eigenvalue weighted by Crippen LogP contribution is 2.09. The molecule has 0 aromatic heterocycles. The number of rotatable bonds is 5. The van der Waals surface area contributed by atoms with Gasteiger partial charge in [-0.3, -0.25) is 0 Å². The first-order chi connectivity index (χ1) is 6.72. The molecule has 1 heteroatoms. The number of nitrogens with one attached hydrogen (secondary N) is 1. The molecule has 15 heavy (non-hydrogen) atoms. The molecule has 0 aromatic rings. The van der Waals surface area contributed by atoms with E-state index in [1.54, 1.807) is 0 Å². The smallest absolute Gasteiger partial charge is 0.00115 e. The first-order valence-electron chi connectivity index (χ1n) is 5.34. The molecule has 0 fully saturated rings. The van der Waals surface area contributed by atoms with Crippen molar-refractivity contribution in [1.29, 1.82) is 0 Å². The van der Waals surface area contributed by atoms with Gasteiger partial charge < -0.3 is 5.32 Å². The minimum atomic E-state index is 0.